The minimum Gasteiger partial charge on any atom is -0.325 e. The van der Waals surface area contributed by atoms with Crippen LogP contribution < -0.4 is 5.73 Å². The summed E-state index contributed by atoms with van der Waals surface area (Å²) in [4.78, 5) is 0. The first-order valence-corrected chi connectivity index (χ1v) is 7.56. The second-order valence-corrected chi connectivity index (χ2v) is 6.73. The molecule has 2 heteroatoms. The van der Waals surface area contributed by atoms with Gasteiger partial charge in [0.2, 0.25) is 0 Å². The molecule has 2 unspecified atom stereocenters. The second-order valence-electron chi connectivity index (χ2n) is 6.32. The maximum absolute atomic E-state index is 6.66. The molecule has 0 aromatic heterocycles. The van der Waals surface area contributed by atoms with Crippen LogP contribution in [0.25, 0.3) is 0 Å². The van der Waals surface area contributed by atoms with Crippen LogP contribution >= 0.6 is 11.6 Å². The zero-order valence-electron chi connectivity index (χ0n) is 10.9. The van der Waals surface area contributed by atoms with E-state index in [-0.39, 0.29) is 5.54 Å². The van der Waals surface area contributed by atoms with Crippen molar-refractivity contribution >= 4 is 11.6 Å². The van der Waals surface area contributed by atoms with Crippen LogP contribution in [0.2, 0.25) is 5.02 Å². The molecule has 1 nitrogen and oxygen atoms in total. The van der Waals surface area contributed by atoms with Crippen molar-refractivity contribution in [3.8, 4) is 0 Å². The number of nitrogens with two attached hydrogens (primary N) is 1. The first-order valence-electron chi connectivity index (χ1n) is 7.19. The van der Waals surface area contributed by atoms with E-state index in [0.29, 0.717) is 0 Å². The highest BCUT2D eigenvalue weighted by molar-refractivity contribution is 6.31. The van der Waals surface area contributed by atoms with Gasteiger partial charge in [0.05, 0.1) is 0 Å². The molecule has 98 valence electrons. The van der Waals surface area contributed by atoms with Gasteiger partial charge in [0.15, 0.2) is 0 Å². The van der Waals surface area contributed by atoms with E-state index in [0.717, 1.165) is 29.7 Å². The van der Waals surface area contributed by atoms with Crippen LogP contribution in [0.3, 0.4) is 0 Å². The summed E-state index contributed by atoms with van der Waals surface area (Å²) in [5.41, 5.74) is 7.86. The normalized spacial score (nSPS) is 32.4. The lowest BCUT2D eigenvalue weighted by atomic mass is 9.72. The van der Waals surface area contributed by atoms with Gasteiger partial charge in [0.25, 0.3) is 0 Å². The summed E-state index contributed by atoms with van der Waals surface area (Å²) in [5.74, 6) is 1.87. The molecule has 3 rings (SSSR count). The molecule has 1 aromatic rings. The molecule has 0 amide bonds. The maximum Gasteiger partial charge on any atom is 0.0438 e. The van der Waals surface area contributed by atoms with E-state index < -0.39 is 0 Å². The van der Waals surface area contributed by atoms with Gasteiger partial charge >= 0.3 is 0 Å². The fourth-order valence-electron chi connectivity index (χ4n) is 3.59. The summed E-state index contributed by atoms with van der Waals surface area (Å²) in [6.45, 7) is 0. The van der Waals surface area contributed by atoms with Crippen LogP contribution in [-0.2, 0) is 6.42 Å². The van der Waals surface area contributed by atoms with Crippen molar-refractivity contribution in [3.05, 3.63) is 34.9 Å². The molecule has 0 radical (unpaired) electrons. The largest absolute Gasteiger partial charge is 0.325 e. The Morgan fingerprint density at radius 1 is 1.17 bits per heavy atom. The van der Waals surface area contributed by atoms with E-state index in [9.17, 15) is 0 Å². The third-order valence-electron chi connectivity index (χ3n) is 4.71. The van der Waals surface area contributed by atoms with Gasteiger partial charge in [0.1, 0.15) is 0 Å². The Morgan fingerprint density at radius 3 is 2.67 bits per heavy atom. The summed E-state index contributed by atoms with van der Waals surface area (Å²) in [6.07, 6.45) is 8.86. The Bertz CT molecular complexity index is 427. The third-order valence-corrected chi connectivity index (χ3v) is 5.08. The van der Waals surface area contributed by atoms with Crippen molar-refractivity contribution < 1.29 is 0 Å². The molecule has 1 aromatic carbocycles. The molecule has 18 heavy (non-hydrogen) atoms. The van der Waals surface area contributed by atoms with Crippen LogP contribution in [0.5, 0.6) is 0 Å². The van der Waals surface area contributed by atoms with Gasteiger partial charge < -0.3 is 5.73 Å². The highest BCUT2D eigenvalue weighted by Crippen LogP contribution is 2.46. The fraction of sp³-hybridized carbons (Fsp3) is 0.625. The summed E-state index contributed by atoms with van der Waals surface area (Å²) < 4.78 is 0. The zero-order valence-corrected chi connectivity index (χ0v) is 11.6. The van der Waals surface area contributed by atoms with Crippen LogP contribution in [0.15, 0.2) is 24.3 Å². The van der Waals surface area contributed by atoms with Crippen molar-refractivity contribution in [2.45, 2.75) is 50.5 Å². The summed E-state index contributed by atoms with van der Waals surface area (Å²) >= 11 is 6.26. The van der Waals surface area contributed by atoms with E-state index in [1.807, 2.05) is 12.1 Å². The van der Waals surface area contributed by atoms with E-state index >= 15 is 0 Å². The predicted molar refractivity (Wildman–Crippen MR) is 76.8 cm³/mol. The van der Waals surface area contributed by atoms with Gasteiger partial charge in [-0.3, -0.25) is 0 Å². The second kappa shape index (κ2) is 4.86. The molecule has 0 heterocycles. The van der Waals surface area contributed by atoms with Crippen LogP contribution in [0.1, 0.15) is 44.1 Å². The smallest absolute Gasteiger partial charge is 0.0438 e. The van der Waals surface area contributed by atoms with Gasteiger partial charge in [0, 0.05) is 10.6 Å². The average Bonchev–Trinajstić information content (AvgIpc) is 3.16. The molecule has 2 saturated carbocycles. The lowest BCUT2D eigenvalue weighted by Gasteiger charge is -2.38. The summed E-state index contributed by atoms with van der Waals surface area (Å²) in [5, 5.41) is 0.871. The average molecular weight is 264 g/mol. The molecule has 2 fully saturated rings. The SMILES string of the molecule is NC1(Cc2ccccc2Cl)CCCC(C2CC2)C1. The monoisotopic (exact) mass is 263 g/mol. The van der Waals surface area contributed by atoms with Gasteiger partial charge in [-0.25, -0.2) is 0 Å². The van der Waals surface area contributed by atoms with E-state index in [1.165, 1.54) is 37.7 Å². The highest BCUT2D eigenvalue weighted by Gasteiger charge is 2.40. The number of halogens is 1. The van der Waals surface area contributed by atoms with Gasteiger partial charge in [-0.2, -0.15) is 0 Å². The lowest BCUT2D eigenvalue weighted by Crippen LogP contribution is -2.46. The van der Waals surface area contributed by atoms with Gasteiger partial charge in [-0.15, -0.1) is 0 Å². The molecule has 2 aliphatic carbocycles. The molecule has 0 bridgehead atoms. The summed E-state index contributed by atoms with van der Waals surface area (Å²) in [6, 6.07) is 8.15. The molecule has 0 aliphatic heterocycles. The van der Waals surface area contributed by atoms with E-state index in [4.69, 9.17) is 17.3 Å². The minimum atomic E-state index is -0.0174. The van der Waals surface area contributed by atoms with Crippen molar-refractivity contribution in [1.29, 1.82) is 0 Å². The Balaban J connectivity index is 1.72. The molecular formula is C16H22ClN. The molecule has 2 atom stereocenters. The summed E-state index contributed by atoms with van der Waals surface area (Å²) in [7, 11) is 0. The number of rotatable bonds is 3. The van der Waals surface area contributed by atoms with Gasteiger partial charge in [-0.05, 0) is 55.6 Å². The van der Waals surface area contributed by atoms with Crippen molar-refractivity contribution in [1.82, 2.24) is 0 Å². The number of benzene rings is 1. The van der Waals surface area contributed by atoms with Crippen LogP contribution in [0, 0.1) is 11.8 Å². The van der Waals surface area contributed by atoms with Gasteiger partial charge in [-0.1, -0.05) is 42.6 Å². The first-order chi connectivity index (χ1) is 8.66. The fourth-order valence-corrected chi connectivity index (χ4v) is 3.80. The Morgan fingerprint density at radius 2 is 1.94 bits per heavy atom. The Hall–Kier alpha value is -0.530. The quantitative estimate of drug-likeness (QED) is 0.870. The predicted octanol–water partition coefficient (Wildman–Crippen LogP) is 4.18. The van der Waals surface area contributed by atoms with Crippen molar-refractivity contribution in [2.75, 3.05) is 0 Å². The topological polar surface area (TPSA) is 26.0 Å². The molecule has 2 aliphatic rings. The van der Waals surface area contributed by atoms with Crippen molar-refractivity contribution in [3.63, 3.8) is 0 Å². The molecule has 0 spiro atoms. The molecule has 2 N–H and O–H groups in total. The highest BCUT2D eigenvalue weighted by atomic mass is 35.5. The Labute approximate surface area is 115 Å². The van der Waals surface area contributed by atoms with Crippen LogP contribution in [0.4, 0.5) is 0 Å². The molecule has 0 saturated heterocycles. The third kappa shape index (κ3) is 2.73. The number of hydrogen-bond donors (Lipinski definition) is 1. The number of hydrogen-bond acceptors (Lipinski definition) is 1. The van der Waals surface area contributed by atoms with E-state index in [1.54, 1.807) is 0 Å². The zero-order chi connectivity index (χ0) is 12.6. The Kier molecular flexibility index (Phi) is 3.38. The van der Waals surface area contributed by atoms with E-state index in [2.05, 4.69) is 12.1 Å². The maximum atomic E-state index is 6.66. The lowest BCUT2D eigenvalue weighted by molar-refractivity contribution is 0.204. The van der Waals surface area contributed by atoms with Crippen molar-refractivity contribution in [2.24, 2.45) is 17.6 Å². The minimum absolute atomic E-state index is 0.0174. The first kappa shape index (κ1) is 12.5. The standard InChI is InChI=1S/C16H22ClN/c17-15-6-2-1-4-14(15)11-16(18)9-3-5-13(10-16)12-7-8-12/h1-2,4,6,12-13H,3,5,7-11,18H2. The molecular weight excluding hydrogens is 242 g/mol. The van der Waals surface area contributed by atoms with Crippen LogP contribution in [-0.4, -0.2) is 5.54 Å².